The number of amides is 3. The second kappa shape index (κ2) is 11.1. The predicted octanol–water partition coefficient (Wildman–Crippen LogP) is 3.40. The number of para-hydroxylation sites is 1. The third-order valence-electron chi connectivity index (χ3n) is 7.41. The van der Waals surface area contributed by atoms with E-state index in [1.807, 2.05) is 43.1 Å². The van der Waals surface area contributed by atoms with Crippen LogP contribution >= 0.6 is 0 Å². The normalized spacial score (nSPS) is 23.9. The minimum Gasteiger partial charge on any atom is -0.361 e. The average molecular weight is 467 g/mol. The van der Waals surface area contributed by atoms with E-state index in [0.29, 0.717) is 32.5 Å². The molecule has 7 nitrogen and oxygen atoms in total. The zero-order valence-corrected chi connectivity index (χ0v) is 20.4. The molecule has 1 aliphatic heterocycles. The van der Waals surface area contributed by atoms with E-state index in [1.54, 1.807) is 0 Å². The molecule has 4 rings (SSSR count). The van der Waals surface area contributed by atoms with Crippen molar-refractivity contribution >= 4 is 28.6 Å². The quantitative estimate of drug-likeness (QED) is 0.630. The van der Waals surface area contributed by atoms with E-state index in [4.69, 9.17) is 0 Å². The molecule has 2 aliphatic rings. The molecule has 3 amide bonds. The monoisotopic (exact) mass is 466 g/mol. The van der Waals surface area contributed by atoms with Gasteiger partial charge in [-0.25, -0.2) is 0 Å². The third-order valence-corrected chi connectivity index (χ3v) is 7.41. The number of H-pyrrole nitrogens is 1. The van der Waals surface area contributed by atoms with Crippen LogP contribution in [0.2, 0.25) is 0 Å². The van der Waals surface area contributed by atoms with Gasteiger partial charge in [-0.3, -0.25) is 14.4 Å². The Morgan fingerprint density at radius 1 is 1.12 bits per heavy atom. The van der Waals surface area contributed by atoms with Crippen LogP contribution in [0.4, 0.5) is 0 Å². The van der Waals surface area contributed by atoms with Gasteiger partial charge in [-0.05, 0) is 43.7 Å². The van der Waals surface area contributed by atoms with E-state index in [0.717, 1.165) is 37.6 Å². The minimum absolute atomic E-state index is 0.0100. The number of aromatic amines is 1. The van der Waals surface area contributed by atoms with Gasteiger partial charge in [-0.1, -0.05) is 44.9 Å². The standard InChI is InChI=1S/C27H38N4O3/c1-18(2)27(34)31-14-8-4-3-7-12-28-26(33)22-15-20(16-24(22)31)25(32)29-13-11-19-17-30-23-10-6-5-9-21(19)23/h5-6,9-10,17-18,20,22,24,30H,3-4,7-8,11-16H2,1-2H3,(H,28,33)(H,29,32)/t20-,22-,24+/m1/s1. The Morgan fingerprint density at radius 2 is 1.91 bits per heavy atom. The zero-order chi connectivity index (χ0) is 24.1. The first-order chi connectivity index (χ1) is 16.5. The lowest BCUT2D eigenvalue weighted by atomic mass is 9.99. The van der Waals surface area contributed by atoms with Crippen LogP contribution < -0.4 is 10.6 Å². The van der Waals surface area contributed by atoms with Crippen molar-refractivity contribution in [2.45, 2.75) is 64.8 Å². The minimum atomic E-state index is -0.329. The maximum absolute atomic E-state index is 13.1. The number of aromatic nitrogens is 1. The zero-order valence-electron chi connectivity index (χ0n) is 20.4. The maximum atomic E-state index is 13.1. The van der Waals surface area contributed by atoms with Gasteiger partial charge >= 0.3 is 0 Å². The first-order valence-corrected chi connectivity index (χ1v) is 12.9. The van der Waals surface area contributed by atoms with Gasteiger partial charge < -0.3 is 20.5 Å². The molecule has 1 saturated heterocycles. The Balaban J connectivity index is 1.42. The van der Waals surface area contributed by atoms with Gasteiger partial charge in [-0.15, -0.1) is 0 Å². The molecular formula is C27H38N4O3. The molecule has 0 bridgehead atoms. The van der Waals surface area contributed by atoms with E-state index >= 15 is 0 Å². The topological polar surface area (TPSA) is 94.3 Å². The van der Waals surface area contributed by atoms with Crippen molar-refractivity contribution in [3.8, 4) is 0 Å². The second-order valence-corrected chi connectivity index (χ2v) is 10.1. The molecule has 184 valence electrons. The molecule has 34 heavy (non-hydrogen) atoms. The predicted molar refractivity (Wildman–Crippen MR) is 133 cm³/mol. The van der Waals surface area contributed by atoms with Crippen molar-refractivity contribution in [2.24, 2.45) is 17.8 Å². The molecule has 2 fully saturated rings. The fourth-order valence-electron chi connectivity index (χ4n) is 5.53. The number of rotatable bonds is 5. The molecule has 1 saturated carbocycles. The summed E-state index contributed by atoms with van der Waals surface area (Å²) in [5.74, 6) is -0.647. The Bertz CT molecular complexity index is 1010. The summed E-state index contributed by atoms with van der Waals surface area (Å²) in [6.45, 7) is 5.70. The highest BCUT2D eigenvalue weighted by molar-refractivity contribution is 5.86. The molecule has 3 N–H and O–H groups in total. The maximum Gasteiger partial charge on any atom is 0.225 e. The molecule has 2 heterocycles. The third kappa shape index (κ3) is 5.45. The fraction of sp³-hybridized carbons (Fsp3) is 0.593. The summed E-state index contributed by atoms with van der Waals surface area (Å²) in [7, 11) is 0. The number of benzene rings is 1. The summed E-state index contributed by atoms with van der Waals surface area (Å²) < 4.78 is 0. The Hall–Kier alpha value is -2.83. The summed E-state index contributed by atoms with van der Waals surface area (Å²) >= 11 is 0. The van der Waals surface area contributed by atoms with Gasteiger partial charge in [0, 0.05) is 54.6 Å². The van der Waals surface area contributed by atoms with Crippen LogP contribution in [0.15, 0.2) is 30.5 Å². The largest absolute Gasteiger partial charge is 0.361 e. The van der Waals surface area contributed by atoms with Gasteiger partial charge in [0.1, 0.15) is 0 Å². The molecule has 1 aliphatic carbocycles. The molecule has 3 atom stereocenters. The van der Waals surface area contributed by atoms with Gasteiger partial charge in [-0.2, -0.15) is 0 Å². The highest BCUT2D eigenvalue weighted by Gasteiger charge is 2.45. The SMILES string of the molecule is CC(C)C(=O)N1CCCCCCNC(=O)[C@@H]2C[C@@H](C(=O)NCCc3c[nH]c4ccccc34)C[C@@H]21. The lowest BCUT2D eigenvalue weighted by Crippen LogP contribution is -2.48. The van der Waals surface area contributed by atoms with Crippen LogP contribution in [-0.4, -0.2) is 53.3 Å². The highest BCUT2D eigenvalue weighted by atomic mass is 16.2. The van der Waals surface area contributed by atoms with Crippen LogP contribution in [-0.2, 0) is 20.8 Å². The van der Waals surface area contributed by atoms with E-state index < -0.39 is 0 Å². The number of hydrogen-bond donors (Lipinski definition) is 3. The van der Waals surface area contributed by atoms with Gasteiger partial charge in [0.15, 0.2) is 0 Å². The van der Waals surface area contributed by atoms with Crippen molar-refractivity contribution in [1.29, 1.82) is 0 Å². The molecule has 2 aromatic rings. The van der Waals surface area contributed by atoms with Crippen molar-refractivity contribution < 1.29 is 14.4 Å². The Kier molecular flexibility index (Phi) is 7.91. The molecular weight excluding hydrogens is 428 g/mol. The Labute approximate surface area is 202 Å². The van der Waals surface area contributed by atoms with Gasteiger partial charge in [0.2, 0.25) is 17.7 Å². The number of carbonyl (C=O) groups excluding carboxylic acids is 3. The van der Waals surface area contributed by atoms with Crippen molar-refractivity contribution in [2.75, 3.05) is 19.6 Å². The van der Waals surface area contributed by atoms with Crippen molar-refractivity contribution in [3.63, 3.8) is 0 Å². The number of hydrogen-bond acceptors (Lipinski definition) is 3. The van der Waals surface area contributed by atoms with Crippen LogP contribution in [0.25, 0.3) is 10.9 Å². The van der Waals surface area contributed by atoms with Crippen LogP contribution in [0, 0.1) is 17.8 Å². The number of carbonyl (C=O) groups is 3. The Morgan fingerprint density at radius 3 is 2.74 bits per heavy atom. The number of nitrogens with one attached hydrogen (secondary N) is 3. The number of fused-ring (bicyclic) bond motifs is 2. The second-order valence-electron chi connectivity index (χ2n) is 10.1. The molecule has 1 aromatic carbocycles. The summed E-state index contributed by atoms with van der Waals surface area (Å²) in [6, 6.07) is 7.94. The van der Waals surface area contributed by atoms with E-state index in [-0.39, 0.29) is 41.5 Å². The molecule has 0 spiro atoms. The lowest BCUT2D eigenvalue weighted by Gasteiger charge is -2.34. The number of nitrogens with zero attached hydrogens (tertiary/aromatic N) is 1. The first-order valence-electron chi connectivity index (χ1n) is 12.9. The van der Waals surface area contributed by atoms with E-state index in [1.165, 1.54) is 10.9 Å². The lowest BCUT2D eigenvalue weighted by molar-refractivity contribution is -0.139. The summed E-state index contributed by atoms with van der Waals surface area (Å²) in [6.07, 6.45) is 7.80. The molecule has 1 aromatic heterocycles. The summed E-state index contributed by atoms with van der Waals surface area (Å²) in [5.41, 5.74) is 2.28. The van der Waals surface area contributed by atoms with Crippen molar-refractivity contribution in [1.82, 2.24) is 20.5 Å². The van der Waals surface area contributed by atoms with E-state index in [2.05, 4.69) is 21.7 Å². The summed E-state index contributed by atoms with van der Waals surface area (Å²) in [4.78, 5) is 44.4. The van der Waals surface area contributed by atoms with Crippen LogP contribution in [0.3, 0.4) is 0 Å². The van der Waals surface area contributed by atoms with Crippen LogP contribution in [0.5, 0.6) is 0 Å². The van der Waals surface area contributed by atoms with Crippen molar-refractivity contribution in [3.05, 3.63) is 36.0 Å². The van der Waals surface area contributed by atoms with Gasteiger partial charge in [0.25, 0.3) is 0 Å². The summed E-state index contributed by atoms with van der Waals surface area (Å²) in [5, 5.41) is 7.34. The molecule has 7 heteroatoms. The molecule has 0 unspecified atom stereocenters. The molecule has 0 radical (unpaired) electrons. The smallest absolute Gasteiger partial charge is 0.225 e. The fourth-order valence-corrected chi connectivity index (χ4v) is 5.53. The average Bonchev–Trinajstić information content (AvgIpc) is 3.44. The van der Waals surface area contributed by atoms with Gasteiger partial charge in [0.05, 0.1) is 5.92 Å². The van der Waals surface area contributed by atoms with Crippen LogP contribution in [0.1, 0.15) is 57.9 Å². The van der Waals surface area contributed by atoms with E-state index in [9.17, 15) is 14.4 Å². The highest BCUT2D eigenvalue weighted by Crippen LogP contribution is 2.36. The first kappa shape index (κ1) is 24.3.